The Hall–Kier alpha value is -2.08. The van der Waals surface area contributed by atoms with Crippen molar-refractivity contribution in [1.29, 1.82) is 0 Å². The summed E-state index contributed by atoms with van der Waals surface area (Å²) < 4.78 is 10.2. The predicted octanol–water partition coefficient (Wildman–Crippen LogP) is 3.40. The van der Waals surface area contributed by atoms with Crippen LogP contribution in [0.15, 0.2) is 34.9 Å². The number of carbonyl (C=O) groups excluding carboxylic acids is 1. The van der Waals surface area contributed by atoms with Crippen LogP contribution in [-0.2, 0) is 4.74 Å². The smallest absolute Gasteiger partial charge is 0.342 e. The van der Waals surface area contributed by atoms with Gasteiger partial charge in [0.25, 0.3) is 0 Å². The summed E-state index contributed by atoms with van der Waals surface area (Å²) in [4.78, 5) is 16.1. The lowest BCUT2D eigenvalue weighted by atomic mass is 10.1. The average molecular weight is 352 g/mol. The summed E-state index contributed by atoms with van der Waals surface area (Å²) in [6.45, 7) is 1.94. The van der Waals surface area contributed by atoms with E-state index >= 15 is 0 Å². The molecular formula is C15H14BrNO4. The predicted molar refractivity (Wildman–Crippen MR) is 81.5 cm³/mol. The number of hydrogen-bond donors (Lipinski definition) is 1. The number of aromatic hydroxyl groups is 1. The van der Waals surface area contributed by atoms with Crippen molar-refractivity contribution in [3.8, 4) is 22.8 Å². The Morgan fingerprint density at radius 2 is 2.00 bits per heavy atom. The molecular weight excluding hydrogens is 338 g/mol. The van der Waals surface area contributed by atoms with Gasteiger partial charge in [-0.25, -0.2) is 9.78 Å². The van der Waals surface area contributed by atoms with Crippen LogP contribution >= 0.6 is 15.9 Å². The van der Waals surface area contributed by atoms with E-state index in [0.29, 0.717) is 5.69 Å². The number of rotatable bonds is 4. The summed E-state index contributed by atoms with van der Waals surface area (Å²) in [5, 5.41) is 9.92. The molecule has 0 saturated heterocycles. The number of halogens is 1. The van der Waals surface area contributed by atoms with Crippen LogP contribution < -0.4 is 4.74 Å². The Labute approximate surface area is 130 Å². The lowest BCUT2D eigenvalue weighted by Gasteiger charge is -2.09. The summed E-state index contributed by atoms with van der Waals surface area (Å²) in [6.07, 6.45) is 0. The maximum Gasteiger partial charge on any atom is 0.342 e. The normalized spacial score (nSPS) is 10.2. The lowest BCUT2D eigenvalue weighted by Crippen LogP contribution is -2.06. The third-order valence-electron chi connectivity index (χ3n) is 2.83. The third kappa shape index (κ3) is 3.33. The molecule has 5 nitrogen and oxygen atoms in total. The monoisotopic (exact) mass is 351 g/mol. The van der Waals surface area contributed by atoms with Crippen LogP contribution in [-0.4, -0.2) is 29.8 Å². The van der Waals surface area contributed by atoms with Crippen LogP contribution in [0.2, 0.25) is 0 Å². The van der Waals surface area contributed by atoms with E-state index in [0.717, 1.165) is 11.3 Å². The van der Waals surface area contributed by atoms with Gasteiger partial charge in [-0.15, -0.1) is 0 Å². The van der Waals surface area contributed by atoms with E-state index in [9.17, 15) is 9.90 Å². The highest BCUT2D eigenvalue weighted by atomic mass is 79.9. The molecule has 2 aromatic rings. The number of methoxy groups -OCH3 is 1. The van der Waals surface area contributed by atoms with Crippen LogP contribution in [0.5, 0.6) is 11.5 Å². The van der Waals surface area contributed by atoms with E-state index < -0.39 is 5.97 Å². The standard InChI is InChI=1S/C15H14BrNO4/c1-3-21-15(19)11-8-12(17-14(16)13(11)18)9-4-6-10(20-2)7-5-9/h4-8,18H,3H2,1-2H3. The first kappa shape index (κ1) is 15.3. The van der Waals surface area contributed by atoms with Gasteiger partial charge in [-0.1, -0.05) is 0 Å². The van der Waals surface area contributed by atoms with Crippen molar-refractivity contribution in [1.82, 2.24) is 4.98 Å². The molecule has 1 N–H and O–H groups in total. The second-order valence-corrected chi connectivity index (χ2v) is 4.89. The fourth-order valence-electron chi connectivity index (χ4n) is 1.78. The number of benzene rings is 1. The maximum absolute atomic E-state index is 11.9. The molecule has 6 heteroatoms. The second kappa shape index (κ2) is 6.58. The quantitative estimate of drug-likeness (QED) is 0.675. The molecule has 0 aliphatic rings. The molecule has 0 amide bonds. The van der Waals surface area contributed by atoms with Crippen molar-refractivity contribution >= 4 is 21.9 Å². The van der Waals surface area contributed by atoms with Crippen LogP contribution in [0.25, 0.3) is 11.3 Å². The molecule has 1 heterocycles. The molecule has 0 unspecified atom stereocenters. The Morgan fingerprint density at radius 3 is 2.57 bits per heavy atom. The van der Waals surface area contributed by atoms with Crippen LogP contribution in [0.4, 0.5) is 0 Å². The zero-order valence-corrected chi connectivity index (χ0v) is 13.2. The minimum Gasteiger partial charge on any atom is -0.504 e. The molecule has 0 atom stereocenters. The average Bonchev–Trinajstić information content (AvgIpc) is 2.50. The molecule has 2 rings (SSSR count). The summed E-state index contributed by atoms with van der Waals surface area (Å²) in [5.41, 5.74) is 1.41. The zero-order chi connectivity index (χ0) is 15.4. The Balaban J connectivity index is 2.46. The highest BCUT2D eigenvalue weighted by Gasteiger charge is 2.18. The SMILES string of the molecule is CCOC(=O)c1cc(-c2ccc(OC)cc2)nc(Br)c1O. The Kier molecular flexibility index (Phi) is 4.80. The van der Waals surface area contributed by atoms with E-state index in [4.69, 9.17) is 9.47 Å². The number of esters is 1. The van der Waals surface area contributed by atoms with Crippen molar-refractivity contribution in [2.45, 2.75) is 6.92 Å². The van der Waals surface area contributed by atoms with E-state index in [1.54, 1.807) is 26.2 Å². The molecule has 0 radical (unpaired) electrons. The molecule has 1 aromatic carbocycles. The Morgan fingerprint density at radius 1 is 1.33 bits per heavy atom. The van der Waals surface area contributed by atoms with E-state index in [2.05, 4.69) is 20.9 Å². The van der Waals surface area contributed by atoms with Gasteiger partial charge in [0.2, 0.25) is 0 Å². The number of carbonyl (C=O) groups is 1. The zero-order valence-electron chi connectivity index (χ0n) is 11.6. The first-order valence-electron chi connectivity index (χ1n) is 6.27. The van der Waals surface area contributed by atoms with Gasteiger partial charge in [0.1, 0.15) is 15.9 Å². The minimum absolute atomic E-state index is 0.0737. The molecule has 1 aromatic heterocycles. The first-order valence-corrected chi connectivity index (χ1v) is 7.07. The topological polar surface area (TPSA) is 68.7 Å². The number of pyridine rings is 1. The maximum atomic E-state index is 11.9. The molecule has 0 aliphatic carbocycles. The van der Waals surface area contributed by atoms with Gasteiger partial charge in [0.15, 0.2) is 5.75 Å². The lowest BCUT2D eigenvalue weighted by molar-refractivity contribution is 0.0523. The largest absolute Gasteiger partial charge is 0.504 e. The molecule has 110 valence electrons. The fourth-order valence-corrected chi connectivity index (χ4v) is 2.19. The fraction of sp³-hybridized carbons (Fsp3) is 0.200. The number of aromatic nitrogens is 1. The van der Waals surface area contributed by atoms with Gasteiger partial charge in [-0.05, 0) is 53.2 Å². The summed E-state index contributed by atoms with van der Waals surface area (Å²) in [5.74, 6) is -0.0965. The summed E-state index contributed by atoms with van der Waals surface area (Å²) in [6, 6.07) is 8.72. The number of hydrogen-bond acceptors (Lipinski definition) is 5. The second-order valence-electron chi connectivity index (χ2n) is 4.14. The van der Waals surface area contributed by atoms with Crippen LogP contribution in [0, 0.1) is 0 Å². The summed E-state index contributed by atoms with van der Waals surface area (Å²) >= 11 is 3.15. The highest BCUT2D eigenvalue weighted by molar-refractivity contribution is 9.10. The van der Waals surface area contributed by atoms with Crippen molar-refractivity contribution in [3.63, 3.8) is 0 Å². The minimum atomic E-state index is -0.590. The van der Waals surface area contributed by atoms with Crippen molar-refractivity contribution < 1.29 is 19.4 Å². The number of ether oxygens (including phenoxy) is 2. The van der Waals surface area contributed by atoms with Crippen LogP contribution in [0.1, 0.15) is 17.3 Å². The summed E-state index contributed by atoms with van der Waals surface area (Å²) in [7, 11) is 1.59. The van der Waals surface area contributed by atoms with Gasteiger partial charge < -0.3 is 14.6 Å². The van der Waals surface area contributed by atoms with E-state index in [1.807, 2.05) is 12.1 Å². The van der Waals surface area contributed by atoms with Crippen LogP contribution in [0.3, 0.4) is 0 Å². The molecule has 0 fully saturated rings. The number of nitrogens with zero attached hydrogens (tertiary/aromatic N) is 1. The molecule has 0 bridgehead atoms. The Bertz CT molecular complexity index is 655. The van der Waals surface area contributed by atoms with Gasteiger partial charge in [-0.3, -0.25) is 0 Å². The van der Waals surface area contributed by atoms with Crippen molar-refractivity contribution in [3.05, 3.63) is 40.5 Å². The highest BCUT2D eigenvalue weighted by Crippen LogP contribution is 2.31. The molecule has 21 heavy (non-hydrogen) atoms. The van der Waals surface area contributed by atoms with Gasteiger partial charge in [0, 0.05) is 5.56 Å². The molecule has 0 saturated carbocycles. The van der Waals surface area contributed by atoms with E-state index in [-0.39, 0.29) is 22.5 Å². The third-order valence-corrected chi connectivity index (χ3v) is 3.38. The molecule has 0 aliphatic heterocycles. The van der Waals surface area contributed by atoms with Gasteiger partial charge >= 0.3 is 5.97 Å². The van der Waals surface area contributed by atoms with E-state index in [1.165, 1.54) is 6.07 Å². The van der Waals surface area contributed by atoms with Crippen molar-refractivity contribution in [2.75, 3.05) is 13.7 Å². The van der Waals surface area contributed by atoms with Gasteiger partial charge in [0.05, 0.1) is 19.4 Å². The first-order chi connectivity index (χ1) is 10.1. The van der Waals surface area contributed by atoms with Gasteiger partial charge in [-0.2, -0.15) is 0 Å². The van der Waals surface area contributed by atoms with Crippen molar-refractivity contribution in [2.24, 2.45) is 0 Å². The molecule has 0 spiro atoms.